The van der Waals surface area contributed by atoms with E-state index in [4.69, 9.17) is 15.3 Å². The van der Waals surface area contributed by atoms with Gasteiger partial charge in [-0.25, -0.2) is 0 Å². The number of hydrogen-bond acceptors (Lipinski definition) is 6. The lowest BCUT2D eigenvalue weighted by atomic mass is 10.1. The molecule has 1 heterocycles. The van der Waals surface area contributed by atoms with Gasteiger partial charge in [-0.05, 0) is 5.92 Å². The van der Waals surface area contributed by atoms with Gasteiger partial charge in [-0.1, -0.05) is 13.8 Å². The summed E-state index contributed by atoms with van der Waals surface area (Å²) in [5.74, 6) is -0.567. The third-order valence-corrected chi connectivity index (χ3v) is 2.85. The molecule has 0 aromatic carbocycles. The third-order valence-electron chi connectivity index (χ3n) is 2.85. The molecule has 0 aromatic rings. The fraction of sp³-hybridized carbons (Fsp3) is 0.571. The van der Waals surface area contributed by atoms with Crippen molar-refractivity contribution in [3.63, 3.8) is 0 Å². The minimum atomic E-state index is -0.755. The van der Waals surface area contributed by atoms with Crippen LogP contribution in [-0.4, -0.2) is 42.5 Å². The summed E-state index contributed by atoms with van der Waals surface area (Å²) in [6.07, 6.45) is 1.21. The Labute approximate surface area is 123 Å². The molecule has 0 aromatic heterocycles. The number of nitrogens with one attached hydrogen (secondary N) is 1. The molecule has 0 bridgehead atoms. The summed E-state index contributed by atoms with van der Waals surface area (Å²) in [6, 6.07) is 2.72. The molecule has 0 radical (unpaired) electrons. The highest BCUT2D eigenvalue weighted by molar-refractivity contribution is 5.87. The van der Waals surface area contributed by atoms with E-state index in [1.54, 1.807) is 12.1 Å². The molecule has 1 atom stereocenters. The Morgan fingerprint density at radius 1 is 1.52 bits per heavy atom. The predicted molar refractivity (Wildman–Crippen MR) is 73.2 cm³/mol. The van der Waals surface area contributed by atoms with Crippen LogP contribution in [0.1, 0.15) is 20.3 Å². The van der Waals surface area contributed by atoms with Gasteiger partial charge in [0.05, 0.1) is 13.0 Å². The number of carbonyl (C=O) groups is 2. The lowest BCUT2D eigenvalue weighted by Crippen LogP contribution is -2.54. The zero-order valence-corrected chi connectivity index (χ0v) is 12.1. The molecule has 1 unspecified atom stereocenters. The van der Waals surface area contributed by atoms with Crippen LogP contribution in [0.3, 0.4) is 0 Å². The molecule has 112 valence electrons. The van der Waals surface area contributed by atoms with E-state index in [1.165, 1.54) is 11.1 Å². The summed E-state index contributed by atoms with van der Waals surface area (Å²) < 4.78 is 5.06. The fourth-order valence-electron chi connectivity index (χ4n) is 1.82. The molecule has 21 heavy (non-hydrogen) atoms. The van der Waals surface area contributed by atoms with Crippen molar-refractivity contribution in [1.82, 2.24) is 10.2 Å². The molecule has 1 N–H and O–H groups in total. The highest BCUT2D eigenvalue weighted by Gasteiger charge is 2.31. The van der Waals surface area contributed by atoms with Crippen LogP contribution in [0.15, 0.2) is 11.8 Å². The van der Waals surface area contributed by atoms with Crippen molar-refractivity contribution in [3.05, 3.63) is 11.8 Å². The largest absolute Gasteiger partial charge is 0.465 e. The van der Waals surface area contributed by atoms with E-state index < -0.39 is 12.0 Å². The van der Waals surface area contributed by atoms with E-state index in [9.17, 15) is 9.59 Å². The Kier molecular flexibility index (Phi) is 6.22. The molecule has 0 aliphatic carbocycles. The molecule has 0 saturated carbocycles. The maximum absolute atomic E-state index is 11.9. The molecular formula is C14H18N4O3. The van der Waals surface area contributed by atoms with Gasteiger partial charge in [0, 0.05) is 19.3 Å². The minimum absolute atomic E-state index is 0.106. The maximum Gasteiger partial charge on any atom is 0.308 e. The zero-order chi connectivity index (χ0) is 15.8. The Balaban J connectivity index is 2.76. The van der Waals surface area contributed by atoms with Gasteiger partial charge in [0.2, 0.25) is 5.91 Å². The van der Waals surface area contributed by atoms with E-state index in [-0.39, 0.29) is 23.8 Å². The van der Waals surface area contributed by atoms with Gasteiger partial charge < -0.3 is 15.0 Å². The monoisotopic (exact) mass is 290 g/mol. The van der Waals surface area contributed by atoms with Gasteiger partial charge >= 0.3 is 5.97 Å². The number of carbonyl (C=O) groups excluding carboxylic acids is 2. The fourth-order valence-corrected chi connectivity index (χ4v) is 1.82. The first-order valence-electron chi connectivity index (χ1n) is 6.69. The van der Waals surface area contributed by atoms with Crippen LogP contribution < -0.4 is 5.32 Å². The highest BCUT2D eigenvalue weighted by Crippen LogP contribution is 2.12. The molecule has 1 aliphatic rings. The minimum Gasteiger partial charge on any atom is -0.465 e. The number of nitriles is 2. The second-order valence-corrected chi connectivity index (χ2v) is 5.09. The number of amides is 1. The van der Waals surface area contributed by atoms with Gasteiger partial charge in [-0.2, -0.15) is 10.5 Å². The van der Waals surface area contributed by atoms with Crippen LogP contribution >= 0.6 is 0 Å². The van der Waals surface area contributed by atoms with Crippen LogP contribution in [0, 0.1) is 28.6 Å². The van der Waals surface area contributed by atoms with E-state index in [1.807, 2.05) is 13.8 Å². The highest BCUT2D eigenvalue weighted by atomic mass is 16.5. The standard InChI is InChI=1S/C14H18N4O3/c1-10(2)9-21-13(19)5-12-14(20)17-3-4-18(12)8-11(6-15)7-16/h8,10,12H,3-5,9H2,1-2H3,(H,17,20). The lowest BCUT2D eigenvalue weighted by molar-refractivity contribution is -0.148. The van der Waals surface area contributed by atoms with Gasteiger partial charge in [0.25, 0.3) is 0 Å². The molecule has 1 fully saturated rings. The van der Waals surface area contributed by atoms with Crippen molar-refractivity contribution in [2.24, 2.45) is 5.92 Å². The van der Waals surface area contributed by atoms with Crippen LogP contribution in [0.4, 0.5) is 0 Å². The van der Waals surface area contributed by atoms with E-state index in [2.05, 4.69) is 5.32 Å². The number of piperazine rings is 1. The van der Waals surface area contributed by atoms with Gasteiger partial charge in [0.1, 0.15) is 23.8 Å². The number of allylic oxidation sites excluding steroid dienone is 1. The molecular weight excluding hydrogens is 272 g/mol. The second kappa shape index (κ2) is 7.91. The Hall–Kier alpha value is -2.54. The smallest absolute Gasteiger partial charge is 0.308 e. The van der Waals surface area contributed by atoms with Crippen molar-refractivity contribution in [3.8, 4) is 12.1 Å². The summed E-state index contributed by atoms with van der Waals surface area (Å²) >= 11 is 0. The molecule has 7 heteroatoms. The number of hydrogen-bond donors (Lipinski definition) is 1. The predicted octanol–water partition coefficient (Wildman–Crippen LogP) is 0.307. The third kappa shape index (κ3) is 5.15. The first kappa shape index (κ1) is 16.5. The molecule has 7 nitrogen and oxygen atoms in total. The van der Waals surface area contributed by atoms with Crippen LogP contribution in [0.2, 0.25) is 0 Å². The van der Waals surface area contributed by atoms with Crippen LogP contribution in [-0.2, 0) is 14.3 Å². The van der Waals surface area contributed by atoms with Crippen LogP contribution in [0.5, 0.6) is 0 Å². The summed E-state index contributed by atoms with van der Waals surface area (Å²) in [4.78, 5) is 25.2. The van der Waals surface area contributed by atoms with Crippen molar-refractivity contribution >= 4 is 11.9 Å². The molecule has 1 saturated heterocycles. The van der Waals surface area contributed by atoms with Gasteiger partial charge in [-0.15, -0.1) is 0 Å². The molecule has 1 rings (SSSR count). The van der Waals surface area contributed by atoms with Crippen LogP contribution in [0.25, 0.3) is 0 Å². The topological polar surface area (TPSA) is 106 Å². The number of nitrogens with zero attached hydrogens (tertiary/aromatic N) is 3. The average Bonchev–Trinajstić information content (AvgIpc) is 2.45. The lowest BCUT2D eigenvalue weighted by Gasteiger charge is -2.33. The number of esters is 1. The van der Waals surface area contributed by atoms with Crippen molar-refractivity contribution in [2.75, 3.05) is 19.7 Å². The summed E-state index contributed by atoms with van der Waals surface area (Å²) in [5, 5.41) is 20.2. The summed E-state index contributed by atoms with van der Waals surface area (Å²) in [7, 11) is 0. The second-order valence-electron chi connectivity index (χ2n) is 5.09. The van der Waals surface area contributed by atoms with Crippen molar-refractivity contribution < 1.29 is 14.3 Å². The normalized spacial score (nSPS) is 17.5. The maximum atomic E-state index is 11.9. The summed E-state index contributed by atoms with van der Waals surface area (Å²) in [6.45, 7) is 4.96. The van der Waals surface area contributed by atoms with E-state index in [0.29, 0.717) is 19.7 Å². The van der Waals surface area contributed by atoms with E-state index in [0.717, 1.165) is 0 Å². The Morgan fingerprint density at radius 3 is 2.76 bits per heavy atom. The first-order chi connectivity index (χ1) is 9.97. The first-order valence-corrected chi connectivity index (χ1v) is 6.69. The SMILES string of the molecule is CC(C)COC(=O)CC1C(=O)NCCN1C=C(C#N)C#N. The molecule has 0 spiro atoms. The van der Waals surface area contributed by atoms with Crippen molar-refractivity contribution in [1.29, 1.82) is 10.5 Å². The zero-order valence-electron chi connectivity index (χ0n) is 12.1. The Bertz CT molecular complexity index is 497. The quantitative estimate of drug-likeness (QED) is 0.577. The Morgan fingerprint density at radius 2 is 2.19 bits per heavy atom. The average molecular weight is 290 g/mol. The van der Waals surface area contributed by atoms with Gasteiger partial charge in [-0.3, -0.25) is 9.59 Å². The molecule has 1 aliphatic heterocycles. The van der Waals surface area contributed by atoms with E-state index >= 15 is 0 Å². The number of rotatable bonds is 5. The molecule has 1 amide bonds. The summed E-state index contributed by atoms with van der Waals surface area (Å²) in [5.41, 5.74) is -0.106. The number of ether oxygens (including phenoxy) is 1. The van der Waals surface area contributed by atoms with Gasteiger partial charge in [0.15, 0.2) is 0 Å². The van der Waals surface area contributed by atoms with Crippen molar-refractivity contribution in [2.45, 2.75) is 26.3 Å².